The van der Waals surface area contributed by atoms with Crippen molar-refractivity contribution in [3.63, 3.8) is 0 Å². The highest BCUT2D eigenvalue weighted by molar-refractivity contribution is 6.16. The normalized spacial score (nSPS) is 11.2. The second-order valence-electron chi connectivity index (χ2n) is 6.90. The van der Waals surface area contributed by atoms with Crippen LogP contribution in [0.15, 0.2) is 95.7 Å². The fourth-order valence-electron chi connectivity index (χ4n) is 3.25. The molecule has 10 heteroatoms. The van der Waals surface area contributed by atoms with Crippen LogP contribution in [-0.2, 0) is 0 Å². The summed E-state index contributed by atoms with van der Waals surface area (Å²) in [6.45, 7) is 0. The smallest absolute Gasteiger partial charge is 0.287 e. The van der Waals surface area contributed by atoms with E-state index in [1.54, 1.807) is 48.8 Å². The van der Waals surface area contributed by atoms with E-state index in [9.17, 15) is 9.90 Å². The largest absolute Gasteiger partial charge is 0.505 e. The zero-order valence-corrected chi connectivity index (χ0v) is 17.1. The Balaban J connectivity index is 1.51. The highest BCUT2D eigenvalue weighted by Gasteiger charge is 2.19. The zero-order valence-electron chi connectivity index (χ0n) is 17.1. The average molecular weight is 436 g/mol. The van der Waals surface area contributed by atoms with Gasteiger partial charge in [0.15, 0.2) is 5.75 Å². The van der Waals surface area contributed by atoms with Gasteiger partial charge in [0.2, 0.25) is 0 Å². The average Bonchev–Trinajstić information content (AvgIpc) is 3.33. The maximum Gasteiger partial charge on any atom is 0.287 e. The minimum atomic E-state index is -0.462. The highest BCUT2D eigenvalue weighted by Crippen LogP contribution is 2.38. The van der Waals surface area contributed by atoms with Gasteiger partial charge < -0.3 is 10.4 Å². The standard InChI is InChI=1S/C23H16N8O2/c32-20-18(28-29-22-26-14-31(30-22)23-24-11-6-12-25-23)13-15-7-4-5-10-17(15)19(20)21(33)27-16-8-2-1-3-9-16/h1-14,32H,(H,27,33). The predicted molar refractivity (Wildman–Crippen MR) is 121 cm³/mol. The zero-order chi connectivity index (χ0) is 22.6. The number of para-hydroxylation sites is 1. The van der Waals surface area contributed by atoms with Crippen LogP contribution in [0.5, 0.6) is 5.75 Å². The molecule has 3 aromatic carbocycles. The van der Waals surface area contributed by atoms with Crippen LogP contribution in [-0.4, -0.2) is 35.7 Å². The van der Waals surface area contributed by atoms with Crippen molar-refractivity contribution in [2.45, 2.75) is 0 Å². The number of hydrogen-bond acceptors (Lipinski definition) is 8. The molecule has 33 heavy (non-hydrogen) atoms. The summed E-state index contributed by atoms with van der Waals surface area (Å²) >= 11 is 0. The maximum atomic E-state index is 13.1. The molecule has 2 heterocycles. The molecule has 0 bridgehead atoms. The summed E-state index contributed by atoms with van der Waals surface area (Å²) in [5.41, 5.74) is 0.817. The van der Waals surface area contributed by atoms with Crippen molar-refractivity contribution in [3.8, 4) is 11.7 Å². The Morgan fingerprint density at radius 1 is 0.909 bits per heavy atom. The van der Waals surface area contributed by atoms with E-state index in [0.29, 0.717) is 17.0 Å². The first-order chi connectivity index (χ1) is 16.2. The summed E-state index contributed by atoms with van der Waals surface area (Å²) in [5, 5.41) is 27.3. The lowest BCUT2D eigenvalue weighted by atomic mass is 10.0. The van der Waals surface area contributed by atoms with Crippen molar-refractivity contribution in [1.29, 1.82) is 0 Å². The van der Waals surface area contributed by atoms with Gasteiger partial charge in [0, 0.05) is 18.1 Å². The fourth-order valence-corrected chi connectivity index (χ4v) is 3.25. The molecule has 2 aromatic heterocycles. The third kappa shape index (κ3) is 4.12. The molecule has 0 spiro atoms. The van der Waals surface area contributed by atoms with Crippen LogP contribution in [0.3, 0.4) is 0 Å². The van der Waals surface area contributed by atoms with Crippen LogP contribution in [0.2, 0.25) is 0 Å². The summed E-state index contributed by atoms with van der Waals surface area (Å²) in [6.07, 6.45) is 4.57. The van der Waals surface area contributed by atoms with Crippen molar-refractivity contribution < 1.29 is 9.90 Å². The van der Waals surface area contributed by atoms with E-state index < -0.39 is 5.91 Å². The number of aromatic nitrogens is 5. The van der Waals surface area contributed by atoms with E-state index in [-0.39, 0.29) is 22.9 Å². The van der Waals surface area contributed by atoms with Crippen LogP contribution >= 0.6 is 0 Å². The van der Waals surface area contributed by atoms with Gasteiger partial charge in [0.25, 0.3) is 17.8 Å². The number of benzene rings is 3. The van der Waals surface area contributed by atoms with Gasteiger partial charge in [-0.1, -0.05) is 42.5 Å². The van der Waals surface area contributed by atoms with Gasteiger partial charge in [-0.05, 0) is 35.0 Å². The molecule has 10 nitrogen and oxygen atoms in total. The molecule has 0 aliphatic heterocycles. The predicted octanol–water partition coefficient (Wildman–Crippen LogP) is 4.58. The molecule has 0 fully saturated rings. The Bertz CT molecular complexity index is 1470. The topological polar surface area (TPSA) is 131 Å². The van der Waals surface area contributed by atoms with Crippen molar-refractivity contribution in [2.75, 3.05) is 5.32 Å². The lowest BCUT2D eigenvalue weighted by Gasteiger charge is -2.11. The number of carbonyl (C=O) groups excluding carboxylic acids is 1. The quantitative estimate of drug-likeness (QED) is 0.388. The molecule has 1 amide bonds. The van der Waals surface area contributed by atoms with E-state index in [2.05, 4.69) is 35.6 Å². The van der Waals surface area contributed by atoms with Crippen LogP contribution in [0.25, 0.3) is 16.7 Å². The SMILES string of the molecule is O=C(Nc1ccccc1)c1c(O)c(N=Nc2ncn(-c3ncccn3)n2)cc2ccccc12. The number of aromatic hydroxyl groups is 1. The number of phenolic OH excluding ortho intramolecular Hbond substituents is 1. The molecule has 0 saturated heterocycles. The number of phenols is 1. The number of carbonyl (C=O) groups is 1. The molecule has 0 aliphatic rings. The molecule has 2 N–H and O–H groups in total. The van der Waals surface area contributed by atoms with Crippen molar-refractivity contribution in [3.05, 3.63) is 91.0 Å². The van der Waals surface area contributed by atoms with E-state index in [4.69, 9.17) is 0 Å². The lowest BCUT2D eigenvalue weighted by Crippen LogP contribution is -2.12. The number of hydrogen-bond donors (Lipinski definition) is 2. The second-order valence-corrected chi connectivity index (χ2v) is 6.90. The molecule has 0 saturated carbocycles. The summed E-state index contributed by atoms with van der Waals surface area (Å²) in [5.74, 6) is -0.377. The third-order valence-electron chi connectivity index (χ3n) is 4.74. The van der Waals surface area contributed by atoms with Crippen LogP contribution in [0.4, 0.5) is 17.3 Å². The Morgan fingerprint density at radius 3 is 2.48 bits per heavy atom. The maximum absolute atomic E-state index is 13.1. The molecule has 0 aliphatic carbocycles. The number of anilines is 1. The van der Waals surface area contributed by atoms with Crippen LogP contribution in [0.1, 0.15) is 10.4 Å². The number of nitrogens with one attached hydrogen (secondary N) is 1. The van der Waals surface area contributed by atoms with Crippen molar-refractivity contribution >= 4 is 34.0 Å². The minimum Gasteiger partial charge on any atom is -0.505 e. The third-order valence-corrected chi connectivity index (χ3v) is 4.74. The van der Waals surface area contributed by atoms with Crippen LogP contribution in [0, 0.1) is 0 Å². The van der Waals surface area contributed by atoms with E-state index in [1.165, 1.54) is 11.0 Å². The number of nitrogens with zero attached hydrogens (tertiary/aromatic N) is 7. The molecule has 0 atom stereocenters. The highest BCUT2D eigenvalue weighted by atomic mass is 16.3. The fraction of sp³-hybridized carbons (Fsp3) is 0. The Hall–Kier alpha value is -4.99. The summed E-state index contributed by atoms with van der Waals surface area (Å²) < 4.78 is 1.35. The molecule has 5 rings (SSSR count). The molecule has 0 unspecified atom stereocenters. The Morgan fingerprint density at radius 2 is 1.67 bits per heavy atom. The first-order valence-corrected chi connectivity index (χ1v) is 9.91. The second kappa shape index (κ2) is 8.63. The lowest BCUT2D eigenvalue weighted by molar-refractivity contribution is 0.102. The van der Waals surface area contributed by atoms with Gasteiger partial charge in [-0.25, -0.2) is 9.97 Å². The molecule has 5 aromatic rings. The van der Waals surface area contributed by atoms with Gasteiger partial charge in [0.05, 0.1) is 5.56 Å². The molecular weight excluding hydrogens is 420 g/mol. The Kier molecular flexibility index (Phi) is 5.22. The molecule has 0 radical (unpaired) electrons. The minimum absolute atomic E-state index is 0.0466. The van der Waals surface area contributed by atoms with Gasteiger partial charge in [-0.3, -0.25) is 4.79 Å². The number of azo groups is 1. The first kappa shape index (κ1) is 19.9. The van der Waals surface area contributed by atoms with E-state index >= 15 is 0 Å². The summed E-state index contributed by atoms with van der Waals surface area (Å²) in [6, 6.07) is 19.6. The van der Waals surface area contributed by atoms with Gasteiger partial charge in [-0.15, -0.1) is 15.3 Å². The van der Waals surface area contributed by atoms with Gasteiger partial charge in [0.1, 0.15) is 12.0 Å². The first-order valence-electron chi connectivity index (χ1n) is 9.91. The molecule has 160 valence electrons. The van der Waals surface area contributed by atoms with Gasteiger partial charge in [-0.2, -0.15) is 9.67 Å². The summed E-state index contributed by atoms with van der Waals surface area (Å²) in [7, 11) is 0. The van der Waals surface area contributed by atoms with Crippen molar-refractivity contribution in [2.24, 2.45) is 10.2 Å². The summed E-state index contributed by atoms with van der Waals surface area (Å²) in [4.78, 5) is 25.3. The molecular formula is C23H16N8O2. The number of amides is 1. The van der Waals surface area contributed by atoms with E-state index in [0.717, 1.165) is 5.39 Å². The monoisotopic (exact) mass is 436 g/mol. The van der Waals surface area contributed by atoms with E-state index in [1.807, 2.05) is 30.3 Å². The van der Waals surface area contributed by atoms with Gasteiger partial charge >= 0.3 is 0 Å². The van der Waals surface area contributed by atoms with Crippen molar-refractivity contribution in [1.82, 2.24) is 24.7 Å². The Labute approximate surface area is 187 Å². The number of fused-ring (bicyclic) bond motifs is 1. The number of rotatable bonds is 5. The van der Waals surface area contributed by atoms with Crippen LogP contribution < -0.4 is 5.32 Å².